The van der Waals surface area contributed by atoms with Gasteiger partial charge in [0.2, 0.25) is 59.1 Å². The standard InChI is InChI=1S/C51H86N14O19/c1-8-26(6)40(49(81)60-33(19-38(72)73)46(78)65-41(27(7)68)50(82)58-30(12-13-37(70)71)43(75)63-39(25(4)5)51(83)84)64-48(80)35(22-67)62-47(79)34(21-66)61-44(76)31(17-24(2)3)59-42(74)29(11-9-10-15-52)57-45(77)32(56-36(69)14-16-53)18-28-20-54-23-55-28/h20,23-27,29-35,39-41,66-68H,8-19,21-22,52-53H2,1-7H3,(H,54,55)(H,56,69)(H,57,77)(H,58,82)(H,59,74)(H,60,81)(H,61,76)(H,62,79)(H,63,75)(H,64,80)(H,65,78)(H,70,71)(H,72,73)(H,83,84)/t26-,27+,29-,30-,31-,32-,33-,34-,35-,39-,40-,41-/m0/s1. The van der Waals surface area contributed by atoms with Gasteiger partial charge in [0.15, 0.2) is 0 Å². The number of aliphatic hydroxyl groups is 3. The third-order valence-corrected chi connectivity index (χ3v) is 12.9. The molecule has 1 aromatic heterocycles. The number of carboxylic acids is 3. The molecule has 0 saturated heterocycles. The molecule has 1 rings (SSSR count). The Kier molecular flexibility index (Phi) is 33.6. The van der Waals surface area contributed by atoms with Crippen LogP contribution in [0.3, 0.4) is 0 Å². The minimum atomic E-state index is -2.06. The number of hydrogen-bond acceptors (Lipinski definition) is 19. The highest BCUT2D eigenvalue weighted by Gasteiger charge is 2.38. The van der Waals surface area contributed by atoms with E-state index in [4.69, 9.17) is 11.5 Å². The number of aliphatic carboxylic acids is 3. The third-order valence-electron chi connectivity index (χ3n) is 12.9. The topological polar surface area (TPSA) is 544 Å². The van der Waals surface area contributed by atoms with E-state index in [1.807, 2.05) is 0 Å². The molecule has 0 aliphatic rings. The van der Waals surface area contributed by atoms with E-state index in [1.165, 1.54) is 33.3 Å². The summed E-state index contributed by atoms with van der Waals surface area (Å²) < 4.78 is 0. The van der Waals surface area contributed by atoms with Gasteiger partial charge < -0.3 is 100 Å². The number of carbonyl (C=O) groups is 13. The molecule has 84 heavy (non-hydrogen) atoms. The fraction of sp³-hybridized carbons (Fsp3) is 0.686. The van der Waals surface area contributed by atoms with Crippen LogP contribution in [0.4, 0.5) is 0 Å². The first kappa shape index (κ1) is 74.1. The first-order valence-corrected chi connectivity index (χ1v) is 27.4. The lowest BCUT2D eigenvalue weighted by atomic mass is 9.97. The van der Waals surface area contributed by atoms with E-state index in [1.54, 1.807) is 20.8 Å². The molecule has 21 N–H and O–H groups in total. The molecular formula is C51H86N14O19. The molecule has 0 bridgehead atoms. The first-order valence-electron chi connectivity index (χ1n) is 27.4. The molecule has 1 heterocycles. The highest BCUT2D eigenvalue weighted by molar-refractivity contribution is 5.99. The third kappa shape index (κ3) is 26.6. The normalized spacial score (nSPS) is 15.5. The van der Waals surface area contributed by atoms with Crippen molar-refractivity contribution in [3.05, 3.63) is 18.2 Å². The Morgan fingerprint density at radius 2 is 0.988 bits per heavy atom. The zero-order valence-corrected chi connectivity index (χ0v) is 48.2. The maximum Gasteiger partial charge on any atom is 0.326 e. The number of aromatic nitrogens is 2. The number of amides is 10. The number of rotatable bonds is 41. The average Bonchev–Trinajstić information content (AvgIpc) is 4.08. The number of nitrogens with two attached hydrogens (primary N) is 2. The number of hydrogen-bond donors (Lipinski definition) is 19. The molecule has 0 aromatic carbocycles. The largest absolute Gasteiger partial charge is 0.481 e. The Labute approximate surface area is 484 Å². The zero-order valence-electron chi connectivity index (χ0n) is 48.2. The van der Waals surface area contributed by atoms with E-state index in [0.717, 1.165) is 6.92 Å². The minimum Gasteiger partial charge on any atom is -0.481 e. The quantitative estimate of drug-likeness (QED) is 0.0271. The van der Waals surface area contributed by atoms with Gasteiger partial charge in [0.1, 0.15) is 60.4 Å². The molecule has 474 valence electrons. The zero-order chi connectivity index (χ0) is 64.0. The molecule has 0 aliphatic heterocycles. The maximum absolute atomic E-state index is 14.0. The van der Waals surface area contributed by atoms with E-state index in [9.17, 15) is 93.0 Å². The van der Waals surface area contributed by atoms with Gasteiger partial charge in [-0.3, -0.25) is 57.5 Å². The van der Waals surface area contributed by atoms with E-state index < -0.39 is 188 Å². The molecule has 0 aliphatic carbocycles. The van der Waals surface area contributed by atoms with Crippen LogP contribution >= 0.6 is 0 Å². The van der Waals surface area contributed by atoms with Crippen molar-refractivity contribution >= 4 is 77.0 Å². The van der Waals surface area contributed by atoms with Crippen LogP contribution in [-0.2, 0) is 68.7 Å². The SMILES string of the molecule is CC[C@H](C)[C@H](NC(=O)[C@H](CO)NC(=O)[C@H](CO)NC(=O)[C@H](CC(C)C)NC(=O)[C@H](CCCCN)NC(=O)[C@H](Cc1cnc[nH]1)NC(=O)CCN)C(=O)N[C@@H](CC(=O)O)C(=O)N[C@H](C(=O)N[C@@H](CCC(=O)O)C(=O)N[C@H](C(=O)O)C(C)C)[C@@H](C)O. The summed E-state index contributed by atoms with van der Waals surface area (Å²) in [4.78, 5) is 178. The van der Waals surface area contributed by atoms with Crippen LogP contribution in [0, 0.1) is 17.8 Å². The number of aromatic amines is 1. The van der Waals surface area contributed by atoms with Crippen molar-refractivity contribution < 1.29 is 93.0 Å². The summed E-state index contributed by atoms with van der Waals surface area (Å²) in [5.41, 5.74) is 11.7. The van der Waals surface area contributed by atoms with Crippen LogP contribution in [0.25, 0.3) is 0 Å². The van der Waals surface area contributed by atoms with Gasteiger partial charge in [-0.05, 0) is 63.3 Å². The Bertz CT molecular complexity index is 2380. The van der Waals surface area contributed by atoms with Crippen molar-refractivity contribution in [2.45, 2.75) is 179 Å². The van der Waals surface area contributed by atoms with E-state index in [0.29, 0.717) is 18.5 Å². The van der Waals surface area contributed by atoms with Gasteiger partial charge in [-0.25, -0.2) is 9.78 Å². The van der Waals surface area contributed by atoms with E-state index >= 15 is 0 Å². The predicted octanol–water partition coefficient (Wildman–Crippen LogP) is -6.18. The maximum atomic E-state index is 14.0. The molecule has 10 amide bonds. The van der Waals surface area contributed by atoms with Gasteiger partial charge in [0, 0.05) is 37.7 Å². The Hall–Kier alpha value is -7.88. The molecule has 33 heteroatoms. The van der Waals surface area contributed by atoms with Crippen LogP contribution in [0.2, 0.25) is 0 Å². The molecule has 1 aromatic rings. The van der Waals surface area contributed by atoms with Gasteiger partial charge >= 0.3 is 17.9 Å². The van der Waals surface area contributed by atoms with Gasteiger partial charge in [-0.1, -0.05) is 48.0 Å². The second-order valence-corrected chi connectivity index (χ2v) is 20.8. The van der Waals surface area contributed by atoms with Crippen LogP contribution in [0.15, 0.2) is 12.5 Å². The fourth-order valence-electron chi connectivity index (χ4n) is 7.99. The number of carboxylic acid groups (broad SMARTS) is 3. The smallest absolute Gasteiger partial charge is 0.326 e. The molecule has 0 fully saturated rings. The number of aliphatic hydroxyl groups excluding tert-OH is 3. The molecule has 0 radical (unpaired) electrons. The highest BCUT2D eigenvalue weighted by Crippen LogP contribution is 2.13. The van der Waals surface area contributed by atoms with Gasteiger partial charge in [0.25, 0.3) is 0 Å². The number of H-pyrrole nitrogens is 1. The number of unbranched alkanes of at least 4 members (excludes halogenated alkanes) is 1. The van der Waals surface area contributed by atoms with Crippen molar-refractivity contribution in [2.24, 2.45) is 29.2 Å². The summed E-state index contributed by atoms with van der Waals surface area (Å²) in [6, 6.07) is -16.6. The molecular weight excluding hydrogens is 1110 g/mol. The predicted molar refractivity (Wildman–Crippen MR) is 295 cm³/mol. The summed E-state index contributed by atoms with van der Waals surface area (Å²) in [7, 11) is 0. The minimum absolute atomic E-state index is 0.00708. The Morgan fingerprint density at radius 1 is 0.524 bits per heavy atom. The van der Waals surface area contributed by atoms with Gasteiger partial charge in [-0.15, -0.1) is 0 Å². The van der Waals surface area contributed by atoms with Gasteiger partial charge in [-0.2, -0.15) is 0 Å². The summed E-state index contributed by atoms with van der Waals surface area (Å²) in [6.45, 7) is 8.40. The Balaban J connectivity index is 3.37. The second-order valence-electron chi connectivity index (χ2n) is 20.8. The van der Waals surface area contributed by atoms with Crippen molar-refractivity contribution in [3.8, 4) is 0 Å². The van der Waals surface area contributed by atoms with E-state index in [2.05, 4.69) is 63.1 Å². The lowest BCUT2D eigenvalue weighted by molar-refractivity contribution is -0.144. The van der Waals surface area contributed by atoms with Crippen LogP contribution in [0.1, 0.15) is 112 Å². The average molecular weight is 1200 g/mol. The highest BCUT2D eigenvalue weighted by atomic mass is 16.4. The Morgan fingerprint density at radius 3 is 1.48 bits per heavy atom. The second kappa shape index (κ2) is 38.1. The number of carbonyl (C=O) groups excluding carboxylic acids is 10. The van der Waals surface area contributed by atoms with E-state index in [-0.39, 0.29) is 51.1 Å². The molecule has 0 saturated carbocycles. The summed E-state index contributed by atoms with van der Waals surface area (Å²) >= 11 is 0. The summed E-state index contributed by atoms with van der Waals surface area (Å²) in [6.07, 6.45) is -0.685. The monoisotopic (exact) mass is 1200 g/mol. The van der Waals surface area contributed by atoms with Crippen molar-refractivity contribution in [1.82, 2.24) is 63.1 Å². The van der Waals surface area contributed by atoms with Crippen LogP contribution in [-0.4, -0.2) is 210 Å². The molecule has 0 unspecified atom stereocenters. The first-order chi connectivity index (χ1) is 39.4. The van der Waals surface area contributed by atoms with Crippen molar-refractivity contribution in [2.75, 3.05) is 26.3 Å². The van der Waals surface area contributed by atoms with Gasteiger partial charge in [0.05, 0.1) is 32.1 Å². The lowest BCUT2D eigenvalue weighted by Gasteiger charge is -2.29. The lowest BCUT2D eigenvalue weighted by Crippen LogP contribution is -2.63. The molecule has 0 spiro atoms. The van der Waals surface area contributed by atoms with Crippen molar-refractivity contribution in [3.63, 3.8) is 0 Å². The number of imidazole rings is 1. The number of nitrogens with zero attached hydrogens (tertiary/aromatic N) is 1. The summed E-state index contributed by atoms with van der Waals surface area (Å²) in [5, 5.41) is 82.9. The van der Waals surface area contributed by atoms with Crippen molar-refractivity contribution in [1.29, 1.82) is 0 Å². The fourth-order valence-corrected chi connectivity index (χ4v) is 7.99. The number of nitrogens with one attached hydrogen (secondary N) is 11. The molecule has 33 nitrogen and oxygen atoms in total. The van der Waals surface area contributed by atoms with Crippen LogP contribution in [0.5, 0.6) is 0 Å². The molecule has 12 atom stereocenters. The van der Waals surface area contributed by atoms with Crippen LogP contribution < -0.4 is 64.6 Å². The summed E-state index contributed by atoms with van der Waals surface area (Å²) in [5.74, 6) is -16.9.